The molecule has 0 bridgehead atoms. The maximum Gasteiger partial charge on any atom is 0.336 e. The van der Waals surface area contributed by atoms with E-state index in [0.29, 0.717) is 21.9 Å². The summed E-state index contributed by atoms with van der Waals surface area (Å²) in [5.41, 5.74) is 1.84. The van der Waals surface area contributed by atoms with Gasteiger partial charge in [0.1, 0.15) is 15.6 Å². The Morgan fingerprint density at radius 2 is 1.77 bits per heavy atom. The van der Waals surface area contributed by atoms with E-state index in [9.17, 15) is 9.59 Å². The maximum atomic E-state index is 13.0. The minimum absolute atomic E-state index is 0.230. The number of thiazole rings is 1. The van der Waals surface area contributed by atoms with E-state index < -0.39 is 0 Å². The summed E-state index contributed by atoms with van der Waals surface area (Å²) in [7, 11) is 1.63. The second-order valence-electron chi connectivity index (χ2n) is 7.09. The predicted molar refractivity (Wildman–Crippen MR) is 128 cm³/mol. The topological polar surface area (TPSA) is 64.7 Å². The van der Waals surface area contributed by atoms with Crippen molar-refractivity contribution in [3.05, 3.63) is 103 Å². The number of fused-ring (bicyclic) bond motifs is 1. The standard InChI is InChI=1S/C23H21N3O3S2/c1-15-21(27)25(13-17-6-4-3-5-7-17)23(28)26-14-19(31-22(15)26)20(30)24-12-16-8-10-18(29-2)11-9-16/h3-11,14H,12-13H2,1-2H3,(H,24,30). The first kappa shape index (κ1) is 21.0. The normalized spacial score (nSPS) is 10.9. The van der Waals surface area contributed by atoms with Crippen molar-refractivity contribution >= 4 is 33.4 Å². The third kappa shape index (κ3) is 4.30. The molecule has 2 aromatic heterocycles. The molecule has 4 rings (SSSR count). The van der Waals surface area contributed by atoms with Crippen LogP contribution in [-0.2, 0) is 13.1 Å². The van der Waals surface area contributed by atoms with Crippen LogP contribution in [0.5, 0.6) is 5.75 Å². The molecule has 0 saturated heterocycles. The second kappa shape index (κ2) is 8.87. The molecule has 31 heavy (non-hydrogen) atoms. The van der Waals surface area contributed by atoms with E-state index in [-0.39, 0.29) is 17.8 Å². The van der Waals surface area contributed by atoms with Crippen LogP contribution in [0, 0.1) is 6.92 Å². The molecule has 8 heteroatoms. The molecule has 0 unspecified atom stereocenters. The van der Waals surface area contributed by atoms with E-state index in [1.54, 1.807) is 20.2 Å². The number of methoxy groups -OCH3 is 1. The summed E-state index contributed by atoms with van der Waals surface area (Å²) in [6.45, 7) is 2.52. The number of benzene rings is 2. The van der Waals surface area contributed by atoms with Crippen molar-refractivity contribution in [2.24, 2.45) is 0 Å². The van der Waals surface area contributed by atoms with Crippen LogP contribution < -0.4 is 21.3 Å². The highest BCUT2D eigenvalue weighted by molar-refractivity contribution is 7.81. The molecule has 4 aromatic rings. The van der Waals surface area contributed by atoms with E-state index in [0.717, 1.165) is 21.8 Å². The molecule has 0 radical (unpaired) electrons. The van der Waals surface area contributed by atoms with Gasteiger partial charge in [-0.25, -0.2) is 4.79 Å². The summed E-state index contributed by atoms with van der Waals surface area (Å²) in [6, 6.07) is 17.2. The zero-order valence-corrected chi connectivity index (χ0v) is 18.8. The molecule has 2 heterocycles. The summed E-state index contributed by atoms with van der Waals surface area (Å²) in [5.74, 6) is 0.794. The van der Waals surface area contributed by atoms with Crippen molar-refractivity contribution in [1.29, 1.82) is 0 Å². The van der Waals surface area contributed by atoms with E-state index in [4.69, 9.17) is 17.0 Å². The third-order valence-electron chi connectivity index (χ3n) is 5.01. The molecule has 0 fully saturated rings. The van der Waals surface area contributed by atoms with Gasteiger partial charge in [0.2, 0.25) is 0 Å². The van der Waals surface area contributed by atoms with Crippen LogP contribution >= 0.6 is 23.6 Å². The Balaban J connectivity index is 1.61. The number of nitrogens with zero attached hydrogens (tertiary/aromatic N) is 2. The molecule has 0 aliphatic heterocycles. The highest BCUT2D eigenvalue weighted by atomic mass is 32.1. The van der Waals surface area contributed by atoms with Gasteiger partial charge in [-0.15, -0.1) is 11.3 Å². The van der Waals surface area contributed by atoms with Gasteiger partial charge in [-0.1, -0.05) is 54.7 Å². The fourth-order valence-corrected chi connectivity index (χ4v) is 4.54. The number of thiocarbonyl (C=S) groups is 1. The average molecular weight is 452 g/mol. The summed E-state index contributed by atoms with van der Waals surface area (Å²) in [4.78, 5) is 27.8. The van der Waals surface area contributed by atoms with E-state index in [1.165, 1.54) is 20.3 Å². The van der Waals surface area contributed by atoms with Crippen molar-refractivity contribution in [2.75, 3.05) is 7.11 Å². The average Bonchev–Trinajstić information content (AvgIpc) is 3.26. The van der Waals surface area contributed by atoms with Gasteiger partial charge in [-0.2, -0.15) is 0 Å². The Bertz CT molecular complexity index is 1350. The van der Waals surface area contributed by atoms with Gasteiger partial charge >= 0.3 is 5.69 Å². The van der Waals surface area contributed by atoms with Crippen molar-refractivity contribution in [3.63, 3.8) is 0 Å². The number of rotatable bonds is 6. The molecule has 0 aliphatic rings. The Kier molecular flexibility index (Phi) is 6.01. The van der Waals surface area contributed by atoms with Gasteiger partial charge in [0.25, 0.3) is 5.56 Å². The van der Waals surface area contributed by atoms with E-state index in [1.807, 2.05) is 54.6 Å². The van der Waals surface area contributed by atoms with Crippen LogP contribution in [0.3, 0.4) is 0 Å². The molecular weight excluding hydrogens is 430 g/mol. The first-order chi connectivity index (χ1) is 15.0. The molecule has 0 spiro atoms. The lowest BCUT2D eigenvalue weighted by atomic mass is 10.2. The molecule has 0 aliphatic carbocycles. The number of nitrogens with one attached hydrogen (secondary N) is 1. The highest BCUT2D eigenvalue weighted by Gasteiger charge is 2.16. The number of ether oxygens (including phenoxy) is 1. The van der Waals surface area contributed by atoms with E-state index >= 15 is 0 Å². The van der Waals surface area contributed by atoms with Crippen LogP contribution in [-0.4, -0.2) is 21.1 Å². The van der Waals surface area contributed by atoms with Crippen molar-refractivity contribution in [3.8, 4) is 5.75 Å². The molecule has 0 atom stereocenters. The fraction of sp³-hybridized carbons (Fsp3) is 0.174. The lowest BCUT2D eigenvalue weighted by Crippen LogP contribution is -2.38. The lowest BCUT2D eigenvalue weighted by Gasteiger charge is -2.07. The summed E-state index contributed by atoms with van der Waals surface area (Å²) < 4.78 is 7.95. The zero-order chi connectivity index (χ0) is 22.0. The molecule has 2 aromatic carbocycles. The van der Waals surface area contributed by atoms with Gasteiger partial charge in [-0.3, -0.25) is 13.8 Å². The van der Waals surface area contributed by atoms with Crippen LogP contribution in [0.15, 0.2) is 70.4 Å². The molecule has 0 amide bonds. The van der Waals surface area contributed by atoms with Gasteiger partial charge < -0.3 is 10.1 Å². The Morgan fingerprint density at radius 1 is 1.06 bits per heavy atom. The smallest absolute Gasteiger partial charge is 0.336 e. The van der Waals surface area contributed by atoms with Crippen molar-refractivity contribution < 1.29 is 4.74 Å². The summed E-state index contributed by atoms with van der Waals surface area (Å²) >= 11 is 6.88. The summed E-state index contributed by atoms with van der Waals surface area (Å²) in [5, 5.41) is 3.22. The Hall–Kier alpha value is -3.23. The van der Waals surface area contributed by atoms with Gasteiger partial charge in [0.05, 0.1) is 18.5 Å². The molecule has 158 valence electrons. The van der Waals surface area contributed by atoms with Crippen LogP contribution in [0.1, 0.15) is 21.6 Å². The summed E-state index contributed by atoms with van der Waals surface area (Å²) in [6.07, 6.45) is 1.71. The monoisotopic (exact) mass is 451 g/mol. The molecule has 1 N–H and O–H groups in total. The van der Waals surface area contributed by atoms with Crippen molar-refractivity contribution in [2.45, 2.75) is 20.0 Å². The number of hydrogen-bond donors (Lipinski definition) is 1. The third-order valence-corrected chi connectivity index (χ3v) is 6.73. The first-order valence-electron chi connectivity index (χ1n) is 9.68. The van der Waals surface area contributed by atoms with E-state index in [2.05, 4.69) is 5.32 Å². The van der Waals surface area contributed by atoms with Gasteiger partial charge in [0, 0.05) is 18.3 Å². The number of hydrogen-bond acceptors (Lipinski definition) is 5. The fourth-order valence-electron chi connectivity index (χ4n) is 3.29. The SMILES string of the molecule is COc1ccc(CNC(=S)c2cn3c(=O)n(Cc4ccccc4)c(=O)c(C)c3s2)cc1. The van der Waals surface area contributed by atoms with Gasteiger partial charge in [0.15, 0.2) is 0 Å². The number of aromatic nitrogens is 2. The molecular formula is C23H21N3O3S2. The minimum atomic E-state index is -0.366. The Labute approximate surface area is 188 Å². The zero-order valence-electron chi connectivity index (χ0n) is 17.1. The van der Waals surface area contributed by atoms with Crippen LogP contribution in [0.2, 0.25) is 0 Å². The van der Waals surface area contributed by atoms with Crippen LogP contribution in [0.25, 0.3) is 4.83 Å². The largest absolute Gasteiger partial charge is 0.497 e. The lowest BCUT2D eigenvalue weighted by molar-refractivity contribution is 0.414. The predicted octanol–water partition coefficient (Wildman–Crippen LogP) is 3.35. The number of aryl methyl sites for hydroxylation is 1. The first-order valence-corrected chi connectivity index (χ1v) is 10.9. The second-order valence-corrected chi connectivity index (χ2v) is 8.52. The minimum Gasteiger partial charge on any atom is -0.497 e. The molecule has 0 saturated carbocycles. The Morgan fingerprint density at radius 3 is 2.45 bits per heavy atom. The quantitative estimate of drug-likeness (QED) is 0.456. The maximum absolute atomic E-state index is 13.0. The van der Waals surface area contributed by atoms with Crippen molar-refractivity contribution in [1.82, 2.24) is 14.3 Å². The molecule has 6 nitrogen and oxygen atoms in total. The van der Waals surface area contributed by atoms with Gasteiger partial charge in [-0.05, 0) is 30.2 Å². The highest BCUT2D eigenvalue weighted by Crippen LogP contribution is 2.19. The van der Waals surface area contributed by atoms with Crippen LogP contribution in [0.4, 0.5) is 0 Å².